The van der Waals surface area contributed by atoms with Crippen molar-refractivity contribution in [1.29, 1.82) is 0 Å². The number of aryl methyl sites for hydroxylation is 1. The molecule has 0 amide bonds. The summed E-state index contributed by atoms with van der Waals surface area (Å²) in [5.74, 6) is -0.235. The summed E-state index contributed by atoms with van der Waals surface area (Å²) in [5, 5.41) is 10.3. The minimum atomic E-state index is -0.954. The second-order valence-electron chi connectivity index (χ2n) is 5.66. The van der Waals surface area contributed by atoms with Gasteiger partial charge in [0.2, 0.25) is 0 Å². The second kappa shape index (κ2) is 8.55. The van der Waals surface area contributed by atoms with Crippen LogP contribution in [0, 0.1) is 0 Å². The van der Waals surface area contributed by atoms with Gasteiger partial charge in [0.15, 0.2) is 0 Å². The number of fused-ring (bicyclic) bond motifs is 1. The third-order valence-electron chi connectivity index (χ3n) is 3.97. The first-order chi connectivity index (χ1) is 11.7. The molecule has 0 aliphatic heterocycles. The van der Waals surface area contributed by atoms with E-state index in [1.807, 2.05) is 48.5 Å². The number of nitrogens with two attached hydrogens (primary N) is 1. The van der Waals surface area contributed by atoms with E-state index < -0.39 is 5.97 Å². The molecule has 0 saturated carbocycles. The van der Waals surface area contributed by atoms with E-state index in [1.54, 1.807) is 0 Å². The van der Waals surface area contributed by atoms with Gasteiger partial charge in [-0.25, -0.2) is 4.79 Å². The number of rotatable bonds is 7. The van der Waals surface area contributed by atoms with Crippen molar-refractivity contribution in [3.05, 3.63) is 65.4 Å². The molecule has 0 fully saturated rings. The quantitative estimate of drug-likeness (QED) is 0.598. The van der Waals surface area contributed by atoms with Gasteiger partial charge in [-0.05, 0) is 48.7 Å². The number of halogens is 1. The van der Waals surface area contributed by atoms with Crippen LogP contribution in [0.4, 0.5) is 0 Å². The molecule has 132 valence electrons. The summed E-state index contributed by atoms with van der Waals surface area (Å²) < 4.78 is 5.84. The van der Waals surface area contributed by atoms with Crippen LogP contribution in [0.2, 0.25) is 0 Å². The van der Waals surface area contributed by atoms with Crippen LogP contribution < -0.4 is 10.5 Å². The Hall–Kier alpha value is -2.50. The molecule has 1 heterocycles. The Labute approximate surface area is 152 Å². The standard InChI is InChI=1S/C19H20N2O3.ClH/c20-10-4-7-15-16-11-14(24-12-13-5-2-1-3-6-13)8-9-17(16)21-18(15)19(22)23;/h1-3,5-6,8-9,11,21H,4,7,10,12,20H2,(H,22,23);1H. The monoisotopic (exact) mass is 360 g/mol. The van der Waals surface area contributed by atoms with Gasteiger partial charge in [-0.3, -0.25) is 0 Å². The van der Waals surface area contributed by atoms with Crippen molar-refractivity contribution in [2.75, 3.05) is 6.54 Å². The highest BCUT2D eigenvalue weighted by molar-refractivity contribution is 5.97. The first kappa shape index (κ1) is 18.8. The van der Waals surface area contributed by atoms with Gasteiger partial charge in [-0.15, -0.1) is 12.4 Å². The van der Waals surface area contributed by atoms with E-state index in [-0.39, 0.29) is 18.1 Å². The highest BCUT2D eigenvalue weighted by Crippen LogP contribution is 2.28. The number of carboxylic acid groups (broad SMARTS) is 1. The van der Waals surface area contributed by atoms with Gasteiger partial charge in [0, 0.05) is 10.9 Å². The van der Waals surface area contributed by atoms with E-state index in [1.165, 1.54) is 0 Å². The number of hydrogen-bond donors (Lipinski definition) is 3. The normalized spacial score (nSPS) is 10.4. The van der Waals surface area contributed by atoms with Crippen molar-refractivity contribution in [3.8, 4) is 5.75 Å². The molecule has 1 aromatic heterocycles. The lowest BCUT2D eigenvalue weighted by Gasteiger charge is -2.07. The summed E-state index contributed by atoms with van der Waals surface area (Å²) in [4.78, 5) is 14.4. The Balaban J connectivity index is 0.00000225. The van der Waals surface area contributed by atoms with Crippen molar-refractivity contribution in [2.24, 2.45) is 5.73 Å². The van der Waals surface area contributed by atoms with E-state index in [0.29, 0.717) is 19.6 Å². The van der Waals surface area contributed by atoms with Crippen molar-refractivity contribution in [3.63, 3.8) is 0 Å². The Morgan fingerprint density at radius 2 is 1.92 bits per heavy atom. The number of carbonyl (C=O) groups is 1. The van der Waals surface area contributed by atoms with E-state index in [4.69, 9.17) is 10.5 Å². The van der Waals surface area contributed by atoms with E-state index in [0.717, 1.165) is 34.2 Å². The molecule has 25 heavy (non-hydrogen) atoms. The maximum atomic E-state index is 11.5. The van der Waals surface area contributed by atoms with Gasteiger partial charge in [0.05, 0.1) is 0 Å². The fourth-order valence-corrected chi connectivity index (χ4v) is 2.78. The number of H-pyrrole nitrogens is 1. The average molecular weight is 361 g/mol. The lowest BCUT2D eigenvalue weighted by Crippen LogP contribution is -2.05. The Bertz CT molecular complexity index is 847. The molecular weight excluding hydrogens is 340 g/mol. The number of hydrogen-bond acceptors (Lipinski definition) is 3. The van der Waals surface area contributed by atoms with Crippen LogP contribution in [-0.2, 0) is 13.0 Å². The molecule has 0 spiro atoms. The van der Waals surface area contributed by atoms with Gasteiger partial charge >= 0.3 is 5.97 Å². The van der Waals surface area contributed by atoms with Crippen molar-refractivity contribution >= 4 is 29.3 Å². The maximum absolute atomic E-state index is 11.5. The van der Waals surface area contributed by atoms with Crippen molar-refractivity contribution < 1.29 is 14.6 Å². The van der Waals surface area contributed by atoms with Crippen LogP contribution in [0.3, 0.4) is 0 Å². The predicted octanol–water partition coefficient (Wildman–Crippen LogP) is 3.76. The van der Waals surface area contributed by atoms with E-state index >= 15 is 0 Å². The van der Waals surface area contributed by atoms with Crippen LogP contribution in [0.25, 0.3) is 10.9 Å². The maximum Gasteiger partial charge on any atom is 0.352 e. The molecule has 6 heteroatoms. The smallest absolute Gasteiger partial charge is 0.352 e. The fourth-order valence-electron chi connectivity index (χ4n) is 2.78. The minimum absolute atomic E-state index is 0. The lowest BCUT2D eigenvalue weighted by molar-refractivity contribution is 0.0690. The Morgan fingerprint density at radius 3 is 2.60 bits per heavy atom. The van der Waals surface area contributed by atoms with Gasteiger partial charge in [-0.2, -0.15) is 0 Å². The molecule has 0 atom stereocenters. The number of aromatic carboxylic acids is 1. The van der Waals surface area contributed by atoms with Crippen LogP contribution in [0.15, 0.2) is 48.5 Å². The molecule has 4 N–H and O–H groups in total. The molecule has 0 saturated heterocycles. The lowest BCUT2D eigenvalue weighted by atomic mass is 10.1. The average Bonchev–Trinajstić information content (AvgIpc) is 2.97. The molecular formula is C19H21ClN2O3. The minimum Gasteiger partial charge on any atom is -0.489 e. The van der Waals surface area contributed by atoms with Crippen molar-refractivity contribution in [2.45, 2.75) is 19.4 Å². The molecule has 0 unspecified atom stereocenters. The molecule has 3 aromatic rings. The zero-order valence-electron chi connectivity index (χ0n) is 13.7. The second-order valence-corrected chi connectivity index (χ2v) is 5.66. The third kappa shape index (κ3) is 4.32. The third-order valence-corrected chi connectivity index (χ3v) is 3.97. The summed E-state index contributed by atoms with van der Waals surface area (Å²) >= 11 is 0. The number of ether oxygens (including phenoxy) is 1. The number of nitrogens with one attached hydrogen (secondary N) is 1. The van der Waals surface area contributed by atoms with Crippen molar-refractivity contribution in [1.82, 2.24) is 4.98 Å². The van der Waals surface area contributed by atoms with Gasteiger partial charge < -0.3 is 20.6 Å². The molecule has 0 aliphatic rings. The largest absolute Gasteiger partial charge is 0.489 e. The fraction of sp³-hybridized carbons (Fsp3) is 0.211. The SMILES string of the molecule is Cl.NCCCc1c(C(=O)O)[nH]c2ccc(OCc3ccccc3)cc12. The zero-order valence-corrected chi connectivity index (χ0v) is 14.5. The number of aromatic amines is 1. The summed E-state index contributed by atoms with van der Waals surface area (Å²) in [6, 6.07) is 15.5. The van der Waals surface area contributed by atoms with Gasteiger partial charge in [-0.1, -0.05) is 30.3 Å². The summed E-state index contributed by atoms with van der Waals surface area (Å²) in [6.45, 7) is 0.997. The Kier molecular flexibility index (Phi) is 6.44. The number of benzene rings is 2. The highest BCUT2D eigenvalue weighted by atomic mass is 35.5. The first-order valence-electron chi connectivity index (χ1n) is 7.93. The van der Waals surface area contributed by atoms with Crippen LogP contribution >= 0.6 is 12.4 Å². The zero-order chi connectivity index (χ0) is 16.9. The van der Waals surface area contributed by atoms with Gasteiger partial charge in [0.1, 0.15) is 18.1 Å². The molecule has 0 radical (unpaired) electrons. The van der Waals surface area contributed by atoms with Crippen LogP contribution in [0.5, 0.6) is 5.75 Å². The highest BCUT2D eigenvalue weighted by Gasteiger charge is 2.17. The topological polar surface area (TPSA) is 88.3 Å². The molecule has 0 bridgehead atoms. The predicted molar refractivity (Wildman–Crippen MR) is 101 cm³/mol. The Morgan fingerprint density at radius 1 is 1.16 bits per heavy atom. The molecule has 0 aliphatic carbocycles. The van der Waals surface area contributed by atoms with Crippen LogP contribution in [-0.4, -0.2) is 22.6 Å². The molecule has 3 rings (SSSR count). The van der Waals surface area contributed by atoms with Gasteiger partial charge in [0.25, 0.3) is 0 Å². The van der Waals surface area contributed by atoms with E-state index in [2.05, 4.69) is 4.98 Å². The van der Waals surface area contributed by atoms with E-state index in [9.17, 15) is 9.90 Å². The number of aromatic nitrogens is 1. The first-order valence-corrected chi connectivity index (χ1v) is 7.93. The molecule has 2 aromatic carbocycles. The summed E-state index contributed by atoms with van der Waals surface area (Å²) in [5.41, 5.74) is 8.48. The number of carboxylic acids is 1. The van der Waals surface area contributed by atoms with Crippen LogP contribution in [0.1, 0.15) is 28.0 Å². The molecule has 5 nitrogen and oxygen atoms in total. The summed E-state index contributed by atoms with van der Waals surface area (Å²) in [6.07, 6.45) is 1.36. The summed E-state index contributed by atoms with van der Waals surface area (Å²) in [7, 11) is 0.